The van der Waals surface area contributed by atoms with Gasteiger partial charge in [0.15, 0.2) is 0 Å². The van der Waals surface area contributed by atoms with Crippen LogP contribution in [0.1, 0.15) is 16.8 Å². The highest BCUT2D eigenvalue weighted by atomic mass is 32.1. The van der Waals surface area contributed by atoms with Gasteiger partial charge in [-0.25, -0.2) is 9.97 Å². The second kappa shape index (κ2) is 6.34. The van der Waals surface area contributed by atoms with Crippen LogP contribution in [0.15, 0.2) is 46.6 Å². The van der Waals surface area contributed by atoms with Gasteiger partial charge in [0, 0.05) is 11.1 Å². The maximum atomic E-state index is 12.8. The van der Waals surface area contributed by atoms with Crippen molar-refractivity contribution in [2.45, 2.75) is 13.8 Å². The predicted molar refractivity (Wildman–Crippen MR) is 105 cm³/mol. The van der Waals surface area contributed by atoms with Gasteiger partial charge >= 0.3 is 0 Å². The predicted octanol–water partition coefficient (Wildman–Crippen LogP) is 3.51. The molecule has 4 aromatic rings. The van der Waals surface area contributed by atoms with Crippen LogP contribution in [0.4, 0.5) is 0 Å². The first-order valence-corrected chi connectivity index (χ1v) is 8.85. The minimum Gasteiger partial charge on any atom is -0.497 e. The lowest BCUT2D eigenvalue weighted by molar-refractivity contribution is 0.414. The number of aromatic nitrogens is 3. The molecule has 3 aromatic heterocycles. The number of ether oxygens (including phenoxy) is 1. The lowest BCUT2D eigenvalue weighted by atomic mass is 10.1. The molecule has 0 aliphatic heterocycles. The number of hydrogen-bond donors (Lipinski definition) is 0. The van der Waals surface area contributed by atoms with Gasteiger partial charge in [-0.1, -0.05) is 12.1 Å². The van der Waals surface area contributed by atoms with Gasteiger partial charge in [0.1, 0.15) is 21.6 Å². The smallest absolute Gasteiger partial charge is 0.291 e. The quantitative estimate of drug-likeness (QED) is 0.522. The lowest BCUT2D eigenvalue weighted by Crippen LogP contribution is -2.15. The molecule has 0 fully saturated rings. The summed E-state index contributed by atoms with van der Waals surface area (Å²) in [6.07, 6.45) is 3.06. The van der Waals surface area contributed by atoms with Gasteiger partial charge in [-0.3, -0.25) is 4.79 Å². The molecule has 26 heavy (non-hydrogen) atoms. The van der Waals surface area contributed by atoms with Crippen molar-refractivity contribution in [2.24, 2.45) is 5.10 Å². The summed E-state index contributed by atoms with van der Waals surface area (Å²) in [6.45, 7) is 3.96. The number of thiophene rings is 1. The monoisotopic (exact) mass is 364 g/mol. The number of rotatable bonds is 3. The Bertz CT molecular complexity index is 1220. The van der Waals surface area contributed by atoms with E-state index >= 15 is 0 Å². The van der Waals surface area contributed by atoms with Gasteiger partial charge < -0.3 is 4.74 Å². The van der Waals surface area contributed by atoms with Crippen LogP contribution in [-0.4, -0.2) is 28.0 Å². The lowest BCUT2D eigenvalue weighted by Gasteiger charge is -2.01. The maximum absolute atomic E-state index is 12.8. The third-order valence-electron chi connectivity index (χ3n) is 4.09. The Morgan fingerprint density at radius 1 is 1.27 bits per heavy atom. The molecule has 3 heterocycles. The first kappa shape index (κ1) is 16.4. The van der Waals surface area contributed by atoms with E-state index < -0.39 is 0 Å². The summed E-state index contributed by atoms with van der Waals surface area (Å²) >= 11 is 1.36. The highest BCUT2D eigenvalue weighted by Gasteiger charge is 2.14. The normalized spacial score (nSPS) is 11.7. The number of aryl methyl sites for hydroxylation is 2. The summed E-state index contributed by atoms with van der Waals surface area (Å²) < 4.78 is 7.01. The average molecular weight is 364 g/mol. The van der Waals surface area contributed by atoms with Crippen LogP contribution in [0.3, 0.4) is 0 Å². The molecule has 0 unspecified atom stereocenters. The standard InChI is InChI=1S/C19H16N4O2S/c1-11-7-12(2)22-18-15(11)16-17(26-18)19(24)23(10-20-16)21-9-13-5-4-6-14(8-13)25-3/h4-10H,1-3H3/b21-9-. The molecule has 0 aliphatic rings. The molecule has 0 bridgehead atoms. The highest BCUT2D eigenvalue weighted by molar-refractivity contribution is 7.25. The number of fused-ring (bicyclic) bond motifs is 3. The van der Waals surface area contributed by atoms with E-state index in [-0.39, 0.29) is 5.56 Å². The van der Waals surface area contributed by atoms with Crippen molar-refractivity contribution in [1.29, 1.82) is 0 Å². The number of nitrogens with zero attached hydrogens (tertiary/aromatic N) is 4. The van der Waals surface area contributed by atoms with Crippen molar-refractivity contribution in [2.75, 3.05) is 7.11 Å². The molecule has 4 rings (SSSR count). The molecule has 130 valence electrons. The zero-order chi connectivity index (χ0) is 18.3. The molecule has 0 aliphatic carbocycles. The van der Waals surface area contributed by atoms with Crippen molar-refractivity contribution in [1.82, 2.24) is 14.6 Å². The minimum atomic E-state index is -0.200. The van der Waals surface area contributed by atoms with Crippen molar-refractivity contribution in [3.05, 3.63) is 63.8 Å². The fraction of sp³-hybridized carbons (Fsp3) is 0.158. The van der Waals surface area contributed by atoms with Crippen molar-refractivity contribution >= 4 is 38.0 Å². The maximum Gasteiger partial charge on any atom is 0.291 e. The molecule has 0 spiro atoms. The molecule has 7 heteroatoms. The van der Waals surface area contributed by atoms with E-state index in [4.69, 9.17) is 4.74 Å². The summed E-state index contributed by atoms with van der Waals surface area (Å²) in [5, 5.41) is 5.20. The van der Waals surface area contributed by atoms with Gasteiger partial charge in [-0.05, 0) is 43.2 Å². The molecule has 0 saturated heterocycles. The Morgan fingerprint density at radius 2 is 2.12 bits per heavy atom. The van der Waals surface area contributed by atoms with Crippen molar-refractivity contribution in [3.63, 3.8) is 0 Å². The summed E-state index contributed by atoms with van der Waals surface area (Å²) in [6, 6.07) is 9.45. The molecule has 0 atom stereocenters. The van der Waals surface area contributed by atoms with Gasteiger partial charge in [-0.2, -0.15) is 9.78 Å². The van der Waals surface area contributed by atoms with Crippen LogP contribution >= 0.6 is 11.3 Å². The Kier molecular flexibility index (Phi) is 4.00. The fourth-order valence-corrected chi connectivity index (χ4v) is 4.07. The molecule has 6 nitrogen and oxygen atoms in total. The number of benzene rings is 1. The Hall–Kier alpha value is -3.06. The van der Waals surface area contributed by atoms with E-state index in [1.807, 2.05) is 44.2 Å². The average Bonchev–Trinajstić information content (AvgIpc) is 3.00. The number of methoxy groups -OCH3 is 1. The first-order chi connectivity index (χ1) is 12.6. The van der Waals surface area contributed by atoms with Crippen LogP contribution in [0.5, 0.6) is 5.75 Å². The van der Waals surface area contributed by atoms with Crippen LogP contribution in [0, 0.1) is 13.8 Å². The largest absolute Gasteiger partial charge is 0.497 e. The molecule has 0 radical (unpaired) electrons. The zero-order valence-corrected chi connectivity index (χ0v) is 15.4. The summed E-state index contributed by atoms with van der Waals surface area (Å²) in [4.78, 5) is 22.6. The second-order valence-electron chi connectivity index (χ2n) is 5.96. The Labute approximate surface area is 153 Å². The van der Waals surface area contributed by atoms with Crippen molar-refractivity contribution in [3.8, 4) is 5.75 Å². The molecule has 0 N–H and O–H groups in total. The van der Waals surface area contributed by atoms with E-state index in [1.54, 1.807) is 13.3 Å². The second-order valence-corrected chi connectivity index (χ2v) is 6.96. The van der Waals surface area contributed by atoms with Gasteiger partial charge in [0.25, 0.3) is 5.56 Å². The van der Waals surface area contributed by atoms with Crippen LogP contribution in [0.25, 0.3) is 20.4 Å². The van der Waals surface area contributed by atoms with E-state index in [9.17, 15) is 4.79 Å². The number of pyridine rings is 1. The third kappa shape index (κ3) is 2.76. The summed E-state index contributed by atoms with van der Waals surface area (Å²) in [5.74, 6) is 0.733. The highest BCUT2D eigenvalue weighted by Crippen LogP contribution is 2.31. The van der Waals surface area contributed by atoms with E-state index in [0.29, 0.717) is 10.2 Å². The summed E-state index contributed by atoms with van der Waals surface area (Å²) in [7, 11) is 1.61. The van der Waals surface area contributed by atoms with Crippen molar-refractivity contribution < 1.29 is 4.74 Å². The third-order valence-corrected chi connectivity index (χ3v) is 5.15. The SMILES string of the molecule is COc1cccc(/C=N\n2cnc3c(sc4nc(C)cc(C)c43)c2=O)c1. The molecule has 0 saturated carbocycles. The Morgan fingerprint density at radius 3 is 2.92 bits per heavy atom. The van der Waals surface area contributed by atoms with Gasteiger partial charge in [0.2, 0.25) is 0 Å². The first-order valence-electron chi connectivity index (χ1n) is 8.03. The van der Waals surface area contributed by atoms with Crippen LogP contribution in [0.2, 0.25) is 0 Å². The summed E-state index contributed by atoms with van der Waals surface area (Å²) in [5.41, 5.74) is 3.32. The zero-order valence-electron chi connectivity index (χ0n) is 14.6. The molecule has 0 amide bonds. The molecular formula is C19H16N4O2S. The van der Waals surface area contributed by atoms with E-state index in [1.165, 1.54) is 22.3 Å². The van der Waals surface area contributed by atoms with Crippen LogP contribution in [-0.2, 0) is 0 Å². The topological polar surface area (TPSA) is 69.4 Å². The van der Waals surface area contributed by atoms with E-state index in [0.717, 1.165) is 32.8 Å². The van der Waals surface area contributed by atoms with E-state index in [2.05, 4.69) is 15.1 Å². The molecule has 1 aromatic carbocycles. The van der Waals surface area contributed by atoms with Gasteiger partial charge in [-0.15, -0.1) is 11.3 Å². The minimum absolute atomic E-state index is 0.200. The molecular weight excluding hydrogens is 348 g/mol. The van der Waals surface area contributed by atoms with Crippen LogP contribution < -0.4 is 10.3 Å². The van der Waals surface area contributed by atoms with Gasteiger partial charge in [0.05, 0.1) is 18.8 Å². The number of hydrogen-bond acceptors (Lipinski definition) is 6. The Balaban J connectivity index is 1.83. The fourth-order valence-electron chi connectivity index (χ4n) is 2.89.